The molecular formula is C11H18N2. The van der Waals surface area contributed by atoms with Crippen LogP contribution in [0.2, 0.25) is 0 Å². The summed E-state index contributed by atoms with van der Waals surface area (Å²) in [7, 11) is 1.93. The van der Waals surface area contributed by atoms with Gasteiger partial charge in [-0.1, -0.05) is 19.9 Å². The molecular weight excluding hydrogens is 160 g/mol. The Labute approximate surface area is 80.4 Å². The first-order chi connectivity index (χ1) is 6.22. The average Bonchev–Trinajstić information content (AvgIpc) is 2.15. The van der Waals surface area contributed by atoms with E-state index in [4.69, 9.17) is 0 Å². The van der Waals surface area contributed by atoms with E-state index in [1.165, 1.54) is 5.69 Å². The zero-order chi connectivity index (χ0) is 9.68. The molecule has 2 N–H and O–H groups in total. The summed E-state index contributed by atoms with van der Waals surface area (Å²) in [4.78, 5) is 0. The Kier molecular flexibility index (Phi) is 3.62. The Bertz CT molecular complexity index is 256. The Morgan fingerprint density at radius 3 is 2.54 bits per heavy atom. The van der Waals surface area contributed by atoms with Gasteiger partial charge in [0.25, 0.3) is 0 Å². The first-order valence-corrected chi connectivity index (χ1v) is 4.74. The molecule has 0 amide bonds. The third kappa shape index (κ3) is 3.36. The van der Waals surface area contributed by atoms with Gasteiger partial charge in [-0.15, -0.1) is 0 Å². The molecule has 0 atom stereocenters. The summed E-state index contributed by atoms with van der Waals surface area (Å²) < 4.78 is 0. The highest BCUT2D eigenvalue weighted by atomic mass is 14.9. The van der Waals surface area contributed by atoms with Crippen molar-refractivity contribution in [2.45, 2.75) is 13.8 Å². The predicted octanol–water partition coefficient (Wildman–Crippen LogP) is 2.80. The van der Waals surface area contributed by atoms with Crippen LogP contribution in [0.25, 0.3) is 0 Å². The quantitative estimate of drug-likeness (QED) is 0.740. The van der Waals surface area contributed by atoms with Crippen molar-refractivity contribution >= 4 is 11.4 Å². The highest BCUT2D eigenvalue weighted by Gasteiger charge is 1.95. The molecule has 0 spiro atoms. The second-order valence-corrected chi connectivity index (χ2v) is 3.61. The normalized spacial score (nSPS) is 10.2. The zero-order valence-electron chi connectivity index (χ0n) is 8.59. The summed E-state index contributed by atoms with van der Waals surface area (Å²) in [5.41, 5.74) is 2.33. The van der Waals surface area contributed by atoms with Crippen LogP contribution in [0.5, 0.6) is 0 Å². The van der Waals surface area contributed by atoms with Crippen LogP contribution < -0.4 is 10.6 Å². The van der Waals surface area contributed by atoms with Crippen molar-refractivity contribution < 1.29 is 0 Å². The third-order valence-electron chi connectivity index (χ3n) is 1.87. The van der Waals surface area contributed by atoms with Crippen LogP contribution in [0, 0.1) is 5.92 Å². The monoisotopic (exact) mass is 178 g/mol. The maximum Gasteiger partial charge on any atom is 0.0360 e. The van der Waals surface area contributed by atoms with E-state index in [-0.39, 0.29) is 0 Å². The van der Waals surface area contributed by atoms with E-state index in [0.29, 0.717) is 5.92 Å². The molecule has 0 saturated heterocycles. The van der Waals surface area contributed by atoms with Gasteiger partial charge in [0.05, 0.1) is 0 Å². The highest BCUT2D eigenvalue weighted by molar-refractivity contribution is 5.56. The average molecular weight is 178 g/mol. The third-order valence-corrected chi connectivity index (χ3v) is 1.87. The van der Waals surface area contributed by atoms with Crippen LogP contribution in [0.1, 0.15) is 13.8 Å². The molecule has 13 heavy (non-hydrogen) atoms. The van der Waals surface area contributed by atoms with Crippen LogP contribution in [0.15, 0.2) is 24.3 Å². The Morgan fingerprint density at radius 2 is 1.92 bits per heavy atom. The number of nitrogens with one attached hydrogen (secondary N) is 2. The molecule has 0 saturated carbocycles. The fourth-order valence-electron chi connectivity index (χ4n) is 1.11. The van der Waals surface area contributed by atoms with E-state index in [0.717, 1.165) is 12.2 Å². The van der Waals surface area contributed by atoms with Gasteiger partial charge < -0.3 is 10.6 Å². The summed E-state index contributed by atoms with van der Waals surface area (Å²) in [5.74, 6) is 0.679. The lowest BCUT2D eigenvalue weighted by molar-refractivity contribution is 0.689. The summed E-state index contributed by atoms with van der Waals surface area (Å²) in [6, 6.07) is 8.31. The van der Waals surface area contributed by atoms with Gasteiger partial charge in [0.2, 0.25) is 0 Å². The molecule has 0 aliphatic carbocycles. The largest absolute Gasteiger partial charge is 0.388 e. The molecule has 2 nitrogen and oxygen atoms in total. The lowest BCUT2D eigenvalue weighted by atomic mass is 10.2. The molecule has 0 radical (unpaired) electrons. The van der Waals surface area contributed by atoms with E-state index in [1.54, 1.807) is 0 Å². The van der Waals surface area contributed by atoms with Crippen LogP contribution >= 0.6 is 0 Å². The van der Waals surface area contributed by atoms with Gasteiger partial charge in [0.1, 0.15) is 0 Å². The number of rotatable bonds is 4. The summed E-state index contributed by atoms with van der Waals surface area (Å²) in [5, 5.41) is 6.49. The van der Waals surface area contributed by atoms with Crippen molar-refractivity contribution in [2.24, 2.45) is 5.92 Å². The fraction of sp³-hybridized carbons (Fsp3) is 0.455. The van der Waals surface area contributed by atoms with Crippen molar-refractivity contribution in [3.05, 3.63) is 24.3 Å². The molecule has 1 rings (SSSR count). The molecule has 2 heteroatoms. The topological polar surface area (TPSA) is 24.1 Å². The summed E-state index contributed by atoms with van der Waals surface area (Å²) in [6.45, 7) is 5.43. The highest BCUT2D eigenvalue weighted by Crippen LogP contribution is 2.14. The van der Waals surface area contributed by atoms with E-state index in [9.17, 15) is 0 Å². The second kappa shape index (κ2) is 4.75. The Balaban J connectivity index is 2.56. The lowest BCUT2D eigenvalue weighted by Gasteiger charge is -2.09. The van der Waals surface area contributed by atoms with Gasteiger partial charge in [-0.05, 0) is 24.1 Å². The molecule has 1 aromatic rings. The lowest BCUT2D eigenvalue weighted by Crippen LogP contribution is -2.07. The summed E-state index contributed by atoms with van der Waals surface area (Å²) >= 11 is 0. The molecule has 0 aromatic heterocycles. The standard InChI is InChI=1S/C11H18N2/c1-9(2)8-13-11-6-4-5-10(7-11)12-3/h4-7,9,12-13H,8H2,1-3H3. The molecule has 72 valence electrons. The van der Waals surface area contributed by atoms with Crippen molar-refractivity contribution in [3.8, 4) is 0 Å². The first-order valence-electron chi connectivity index (χ1n) is 4.74. The van der Waals surface area contributed by atoms with Gasteiger partial charge in [0.15, 0.2) is 0 Å². The molecule has 0 bridgehead atoms. The Morgan fingerprint density at radius 1 is 1.23 bits per heavy atom. The molecule has 0 aliphatic heterocycles. The number of hydrogen-bond donors (Lipinski definition) is 2. The van der Waals surface area contributed by atoms with Crippen LogP contribution in [0.4, 0.5) is 11.4 Å². The van der Waals surface area contributed by atoms with Crippen molar-refractivity contribution in [2.75, 3.05) is 24.2 Å². The molecule has 0 heterocycles. The van der Waals surface area contributed by atoms with Gasteiger partial charge in [-0.3, -0.25) is 0 Å². The van der Waals surface area contributed by atoms with Crippen molar-refractivity contribution in [1.82, 2.24) is 0 Å². The van der Waals surface area contributed by atoms with Gasteiger partial charge >= 0.3 is 0 Å². The minimum Gasteiger partial charge on any atom is -0.388 e. The SMILES string of the molecule is CNc1cccc(NCC(C)C)c1. The first kappa shape index (κ1) is 9.90. The van der Waals surface area contributed by atoms with Crippen LogP contribution in [-0.4, -0.2) is 13.6 Å². The minimum atomic E-state index is 0.679. The second-order valence-electron chi connectivity index (χ2n) is 3.61. The number of hydrogen-bond acceptors (Lipinski definition) is 2. The maximum atomic E-state index is 3.38. The van der Waals surface area contributed by atoms with Gasteiger partial charge in [0, 0.05) is 25.0 Å². The van der Waals surface area contributed by atoms with Gasteiger partial charge in [-0.2, -0.15) is 0 Å². The van der Waals surface area contributed by atoms with Crippen LogP contribution in [0.3, 0.4) is 0 Å². The van der Waals surface area contributed by atoms with Crippen molar-refractivity contribution in [1.29, 1.82) is 0 Å². The number of anilines is 2. The van der Waals surface area contributed by atoms with Crippen LogP contribution in [-0.2, 0) is 0 Å². The zero-order valence-corrected chi connectivity index (χ0v) is 8.59. The molecule has 0 aliphatic rings. The molecule has 1 aromatic carbocycles. The minimum absolute atomic E-state index is 0.679. The smallest absolute Gasteiger partial charge is 0.0360 e. The predicted molar refractivity (Wildman–Crippen MR) is 59.3 cm³/mol. The van der Waals surface area contributed by atoms with E-state index >= 15 is 0 Å². The molecule has 0 unspecified atom stereocenters. The maximum absolute atomic E-state index is 3.38. The van der Waals surface area contributed by atoms with Gasteiger partial charge in [-0.25, -0.2) is 0 Å². The summed E-state index contributed by atoms with van der Waals surface area (Å²) in [6.07, 6.45) is 0. The molecule has 0 fully saturated rings. The van der Waals surface area contributed by atoms with E-state index < -0.39 is 0 Å². The van der Waals surface area contributed by atoms with Crippen molar-refractivity contribution in [3.63, 3.8) is 0 Å². The Hall–Kier alpha value is -1.18. The number of benzene rings is 1. The van der Waals surface area contributed by atoms with E-state index in [2.05, 4.69) is 48.7 Å². The fourth-order valence-corrected chi connectivity index (χ4v) is 1.11. The van der Waals surface area contributed by atoms with E-state index in [1.807, 2.05) is 7.05 Å².